The van der Waals surface area contributed by atoms with E-state index in [0.717, 1.165) is 18.6 Å². The number of carbonyl (C=O) groups excluding carboxylic acids is 1. The van der Waals surface area contributed by atoms with Gasteiger partial charge in [0.05, 0.1) is 16.1 Å². The maximum absolute atomic E-state index is 13.0. The van der Waals surface area contributed by atoms with Crippen LogP contribution in [0.2, 0.25) is 0 Å². The van der Waals surface area contributed by atoms with Crippen molar-refractivity contribution in [3.63, 3.8) is 0 Å². The molecule has 0 unspecified atom stereocenters. The maximum Gasteiger partial charge on any atom is 0.431 e. The van der Waals surface area contributed by atoms with E-state index in [1.165, 1.54) is 19.2 Å². The van der Waals surface area contributed by atoms with Gasteiger partial charge < -0.3 is 10.1 Å². The Bertz CT molecular complexity index is 1180. The lowest BCUT2D eigenvalue weighted by molar-refractivity contribution is -0.144. The number of ether oxygens (including phenoxy) is 1. The molecule has 0 spiro atoms. The molecular formula is C16H13F3N4O4S. The number of hydrogen-bond acceptors (Lipinski definition) is 6. The number of aromatic nitrogens is 3. The van der Waals surface area contributed by atoms with E-state index >= 15 is 0 Å². The zero-order valence-corrected chi connectivity index (χ0v) is 15.3. The van der Waals surface area contributed by atoms with Crippen molar-refractivity contribution in [2.24, 2.45) is 7.05 Å². The topological polar surface area (TPSA) is 95.2 Å². The lowest BCUT2D eigenvalue weighted by atomic mass is 10.2. The summed E-state index contributed by atoms with van der Waals surface area (Å²) in [5.41, 5.74) is -3.11. The second-order valence-electron chi connectivity index (χ2n) is 5.68. The zero-order chi connectivity index (χ0) is 20.6. The molecule has 3 aromatic rings. The third-order valence-corrected chi connectivity index (χ3v) is 4.81. The van der Waals surface area contributed by atoms with Gasteiger partial charge in [0.2, 0.25) is 0 Å². The Morgan fingerprint density at radius 1 is 1.29 bits per heavy atom. The van der Waals surface area contributed by atoms with Gasteiger partial charge in [0.25, 0.3) is 5.56 Å². The highest BCUT2D eigenvalue weighted by Crippen LogP contribution is 2.28. The summed E-state index contributed by atoms with van der Waals surface area (Å²) in [7, 11) is 2.33. The van der Waals surface area contributed by atoms with Crippen LogP contribution in [0.25, 0.3) is 15.8 Å². The van der Waals surface area contributed by atoms with Crippen molar-refractivity contribution in [3.8, 4) is 5.69 Å². The normalized spacial score (nSPS) is 11.6. The Kier molecular flexibility index (Phi) is 4.98. The minimum absolute atomic E-state index is 0.0771. The Morgan fingerprint density at radius 2 is 2.00 bits per heavy atom. The summed E-state index contributed by atoms with van der Waals surface area (Å²) < 4.78 is 49.7. The first-order valence-electron chi connectivity index (χ1n) is 7.77. The van der Waals surface area contributed by atoms with Crippen molar-refractivity contribution in [2.45, 2.75) is 12.8 Å². The minimum Gasteiger partial charge on any atom is -0.443 e. The Balaban J connectivity index is 2.12. The summed E-state index contributed by atoms with van der Waals surface area (Å²) in [6, 6.07) is 4.82. The molecule has 0 radical (unpaired) electrons. The molecular weight excluding hydrogens is 401 g/mol. The molecule has 1 amide bonds. The van der Waals surface area contributed by atoms with Crippen molar-refractivity contribution >= 4 is 27.7 Å². The number of halogens is 3. The smallest absolute Gasteiger partial charge is 0.431 e. The fourth-order valence-corrected chi connectivity index (χ4v) is 3.32. The highest BCUT2D eigenvalue weighted by Gasteiger charge is 2.35. The lowest BCUT2D eigenvalue weighted by Crippen LogP contribution is -2.40. The van der Waals surface area contributed by atoms with E-state index in [-0.39, 0.29) is 12.3 Å². The fourth-order valence-electron chi connectivity index (χ4n) is 2.56. The number of alkyl carbamates (subject to hydrolysis) is 1. The number of carbonyl (C=O) groups is 1. The predicted octanol–water partition coefficient (Wildman–Crippen LogP) is 2.02. The van der Waals surface area contributed by atoms with E-state index in [2.05, 4.69) is 9.69 Å². The zero-order valence-electron chi connectivity index (χ0n) is 14.5. The highest BCUT2D eigenvalue weighted by atomic mass is 32.1. The summed E-state index contributed by atoms with van der Waals surface area (Å²) in [6.07, 6.45) is -5.50. The third kappa shape index (κ3) is 3.50. The van der Waals surface area contributed by atoms with Gasteiger partial charge in [-0.1, -0.05) is 0 Å². The summed E-state index contributed by atoms with van der Waals surface area (Å²) in [5, 5.41) is 2.80. The van der Waals surface area contributed by atoms with Gasteiger partial charge in [-0.25, -0.2) is 14.2 Å². The number of benzene rings is 1. The molecule has 0 saturated heterocycles. The highest BCUT2D eigenvalue weighted by molar-refractivity contribution is 7.13. The number of nitrogens with zero attached hydrogens (tertiary/aromatic N) is 3. The SMILES string of the molecule is CNC(=O)OCc1nsc2ccc(-n3c(=O)cc(C(F)(F)F)n(C)c3=O)cc12. The van der Waals surface area contributed by atoms with Gasteiger partial charge in [-0.15, -0.1) is 0 Å². The lowest BCUT2D eigenvalue weighted by Gasteiger charge is -2.14. The van der Waals surface area contributed by atoms with E-state index in [1.54, 1.807) is 6.07 Å². The minimum atomic E-state index is -4.84. The molecule has 2 heterocycles. The Hall–Kier alpha value is -3.15. The second kappa shape index (κ2) is 7.11. The number of nitrogens with one attached hydrogen (secondary N) is 1. The quantitative estimate of drug-likeness (QED) is 0.708. The average Bonchev–Trinajstić information content (AvgIpc) is 3.04. The van der Waals surface area contributed by atoms with Gasteiger partial charge in [0.1, 0.15) is 12.3 Å². The van der Waals surface area contributed by atoms with Crippen LogP contribution in [-0.4, -0.2) is 26.6 Å². The Morgan fingerprint density at radius 3 is 2.64 bits per heavy atom. The standard InChI is InChI=1S/C16H13F3N4O4S/c1-20-14(25)27-7-10-9-5-8(3-4-11(9)28-21-10)23-13(24)6-12(16(17,18)19)22(2)15(23)26/h3-6H,7H2,1-2H3,(H,20,25). The molecule has 8 nitrogen and oxygen atoms in total. The van der Waals surface area contributed by atoms with Crippen LogP contribution in [0.3, 0.4) is 0 Å². The summed E-state index contributed by atoms with van der Waals surface area (Å²) in [6.45, 7) is -0.150. The van der Waals surface area contributed by atoms with Crippen LogP contribution in [-0.2, 0) is 24.6 Å². The average molecular weight is 414 g/mol. The van der Waals surface area contributed by atoms with Crippen molar-refractivity contribution in [2.75, 3.05) is 7.05 Å². The van der Waals surface area contributed by atoms with Crippen molar-refractivity contribution in [1.82, 2.24) is 18.8 Å². The molecule has 148 valence electrons. The molecule has 1 N–H and O–H groups in total. The molecule has 12 heteroatoms. The first-order valence-corrected chi connectivity index (χ1v) is 8.54. The van der Waals surface area contributed by atoms with Crippen molar-refractivity contribution in [1.29, 1.82) is 0 Å². The fraction of sp³-hybridized carbons (Fsp3) is 0.250. The molecule has 0 bridgehead atoms. The monoisotopic (exact) mass is 414 g/mol. The van der Waals surface area contributed by atoms with Crippen LogP contribution < -0.4 is 16.6 Å². The van der Waals surface area contributed by atoms with Crippen LogP contribution in [0.4, 0.5) is 18.0 Å². The molecule has 0 aliphatic rings. The van der Waals surface area contributed by atoms with Crippen molar-refractivity contribution < 1.29 is 22.7 Å². The van der Waals surface area contributed by atoms with Gasteiger partial charge in [-0.2, -0.15) is 17.5 Å². The molecule has 1 aromatic carbocycles. The molecule has 0 aliphatic carbocycles. The van der Waals surface area contributed by atoms with E-state index < -0.39 is 29.2 Å². The van der Waals surface area contributed by atoms with Gasteiger partial charge in [-0.05, 0) is 29.7 Å². The van der Waals surface area contributed by atoms with Crippen LogP contribution in [0, 0.1) is 0 Å². The molecule has 0 saturated carbocycles. The number of fused-ring (bicyclic) bond motifs is 1. The molecule has 2 aromatic heterocycles. The van der Waals surface area contributed by atoms with Crippen LogP contribution in [0.5, 0.6) is 0 Å². The molecule has 0 fully saturated rings. The molecule has 0 atom stereocenters. The summed E-state index contributed by atoms with van der Waals surface area (Å²) >= 11 is 1.11. The van der Waals surface area contributed by atoms with Crippen LogP contribution >= 0.6 is 11.5 Å². The van der Waals surface area contributed by atoms with E-state index in [4.69, 9.17) is 4.74 Å². The first kappa shape index (κ1) is 19.6. The third-order valence-electron chi connectivity index (χ3n) is 3.94. The van der Waals surface area contributed by atoms with E-state index in [0.29, 0.717) is 31.0 Å². The van der Waals surface area contributed by atoms with Gasteiger partial charge in [0.15, 0.2) is 0 Å². The van der Waals surface area contributed by atoms with Crippen molar-refractivity contribution in [3.05, 3.63) is 56.5 Å². The maximum atomic E-state index is 13.0. The van der Waals surface area contributed by atoms with E-state index in [1.807, 2.05) is 0 Å². The summed E-state index contributed by atoms with van der Waals surface area (Å²) in [5.74, 6) is 0. The van der Waals surface area contributed by atoms with Gasteiger partial charge in [-0.3, -0.25) is 9.36 Å². The first-order chi connectivity index (χ1) is 13.1. The van der Waals surface area contributed by atoms with E-state index in [9.17, 15) is 27.6 Å². The number of hydrogen-bond donors (Lipinski definition) is 1. The Labute approximate surface area is 158 Å². The second-order valence-corrected chi connectivity index (χ2v) is 6.48. The van der Waals surface area contributed by atoms with Gasteiger partial charge >= 0.3 is 18.0 Å². The largest absolute Gasteiger partial charge is 0.443 e. The predicted molar refractivity (Wildman–Crippen MR) is 94.7 cm³/mol. The molecule has 0 aliphatic heterocycles. The summed E-state index contributed by atoms with van der Waals surface area (Å²) in [4.78, 5) is 35.9. The number of alkyl halides is 3. The molecule has 3 rings (SSSR count). The molecule has 28 heavy (non-hydrogen) atoms. The van der Waals surface area contributed by atoms with Gasteiger partial charge in [0, 0.05) is 25.5 Å². The van der Waals surface area contributed by atoms with Crippen LogP contribution in [0.1, 0.15) is 11.4 Å². The number of rotatable bonds is 3. The number of amides is 1. The van der Waals surface area contributed by atoms with Crippen LogP contribution in [0.15, 0.2) is 33.9 Å².